The normalized spacial score (nSPS) is 17.9. The molecule has 1 saturated heterocycles. The molecular formula is C13H23N5O2. The maximum absolute atomic E-state index is 5.71. The Morgan fingerprint density at radius 2 is 2.15 bits per heavy atom. The Hall–Kier alpha value is -1.63. The first kappa shape index (κ1) is 14.8. The molecule has 1 aromatic rings. The summed E-state index contributed by atoms with van der Waals surface area (Å²) < 4.78 is 10.9. The van der Waals surface area contributed by atoms with E-state index < -0.39 is 0 Å². The second-order valence-corrected chi connectivity index (χ2v) is 5.40. The van der Waals surface area contributed by atoms with Gasteiger partial charge in [-0.2, -0.15) is 15.0 Å². The Morgan fingerprint density at radius 1 is 1.35 bits per heavy atom. The first-order valence-corrected chi connectivity index (χ1v) is 6.97. The zero-order chi connectivity index (χ0) is 14.6. The number of nitrogens with zero attached hydrogens (tertiary/aromatic N) is 4. The van der Waals surface area contributed by atoms with E-state index in [0.717, 1.165) is 26.1 Å². The summed E-state index contributed by atoms with van der Waals surface area (Å²) in [6.07, 6.45) is 1.01. The molecule has 1 aromatic heterocycles. The van der Waals surface area contributed by atoms with E-state index in [4.69, 9.17) is 9.47 Å². The average molecular weight is 281 g/mol. The van der Waals surface area contributed by atoms with Gasteiger partial charge in [-0.3, -0.25) is 0 Å². The number of nitrogens with one attached hydrogen (secondary N) is 1. The van der Waals surface area contributed by atoms with Gasteiger partial charge in [-0.25, -0.2) is 0 Å². The summed E-state index contributed by atoms with van der Waals surface area (Å²) in [5, 5.41) is 3.17. The van der Waals surface area contributed by atoms with Crippen molar-refractivity contribution in [3.63, 3.8) is 0 Å². The monoisotopic (exact) mass is 281 g/mol. The molecule has 1 aliphatic rings. The molecule has 2 rings (SSSR count). The number of ether oxygens (including phenoxy) is 2. The van der Waals surface area contributed by atoms with Crippen molar-refractivity contribution < 1.29 is 9.47 Å². The van der Waals surface area contributed by atoms with Crippen molar-refractivity contribution in [3.8, 4) is 6.01 Å². The van der Waals surface area contributed by atoms with E-state index in [0.29, 0.717) is 24.5 Å². The zero-order valence-corrected chi connectivity index (χ0v) is 12.6. The third-order valence-corrected chi connectivity index (χ3v) is 3.03. The van der Waals surface area contributed by atoms with Crippen molar-refractivity contribution in [3.05, 3.63) is 0 Å². The lowest BCUT2D eigenvalue weighted by atomic mass is 10.1. The molecule has 1 N–H and O–H groups in total. The molecule has 0 spiro atoms. The van der Waals surface area contributed by atoms with Crippen LogP contribution < -0.4 is 15.0 Å². The van der Waals surface area contributed by atoms with Crippen molar-refractivity contribution in [1.82, 2.24) is 15.0 Å². The van der Waals surface area contributed by atoms with Gasteiger partial charge in [-0.1, -0.05) is 6.92 Å². The van der Waals surface area contributed by atoms with Crippen LogP contribution in [0.5, 0.6) is 6.01 Å². The van der Waals surface area contributed by atoms with Gasteiger partial charge in [0.2, 0.25) is 11.9 Å². The third kappa shape index (κ3) is 3.69. The van der Waals surface area contributed by atoms with Crippen LogP contribution in [-0.2, 0) is 4.74 Å². The molecule has 0 amide bonds. The number of morpholine rings is 1. The summed E-state index contributed by atoms with van der Waals surface area (Å²) in [4.78, 5) is 15.1. The fraction of sp³-hybridized carbons (Fsp3) is 0.769. The van der Waals surface area contributed by atoms with E-state index in [1.807, 2.05) is 0 Å². The van der Waals surface area contributed by atoms with E-state index in [1.54, 1.807) is 7.11 Å². The van der Waals surface area contributed by atoms with Gasteiger partial charge in [0.25, 0.3) is 0 Å². The molecule has 0 bridgehead atoms. The Balaban J connectivity index is 2.21. The highest BCUT2D eigenvalue weighted by Gasteiger charge is 2.29. The van der Waals surface area contributed by atoms with Crippen LogP contribution >= 0.6 is 0 Å². The number of aromatic nitrogens is 3. The summed E-state index contributed by atoms with van der Waals surface area (Å²) in [6.45, 7) is 9.22. The molecule has 7 nitrogen and oxygen atoms in total. The molecule has 112 valence electrons. The maximum Gasteiger partial charge on any atom is 0.322 e. The number of hydrogen-bond donors (Lipinski definition) is 1. The van der Waals surface area contributed by atoms with Crippen LogP contribution in [0.25, 0.3) is 0 Å². The highest BCUT2D eigenvalue weighted by Crippen LogP contribution is 2.22. The minimum atomic E-state index is -0.199. The third-order valence-electron chi connectivity index (χ3n) is 3.03. The second kappa shape index (κ2) is 6.21. The maximum atomic E-state index is 5.71. The molecule has 2 heterocycles. The SMILES string of the molecule is CCCNc1nc(OC)nc(N2CCOC(C)(C)C2)n1. The Morgan fingerprint density at radius 3 is 2.80 bits per heavy atom. The molecule has 7 heteroatoms. The van der Waals surface area contributed by atoms with Crippen LogP contribution in [0.2, 0.25) is 0 Å². The highest BCUT2D eigenvalue weighted by atomic mass is 16.5. The zero-order valence-electron chi connectivity index (χ0n) is 12.6. The number of rotatable bonds is 5. The van der Waals surface area contributed by atoms with Crippen molar-refractivity contribution >= 4 is 11.9 Å². The molecule has 0 atom stereocenters. The Bertz CT molecular complexity index is 452. The Labute approximate surface area is 119 Å². The van der Waals surface area contributed by atoms with Crippen LogP contribution in [0.4, 0.5) is 11.9 Å². The van der Waals surface area contributed by atoms with Crippen molar-refractivity contribution in [1.29, 1.82) is 0 Å². The van der Waals surface area contributed by atoms with Crippen molar-refractivity contribution in [2.24, 2.45) is 0 Å². The summed E-state index contributed by atoms with van der Waals surface area (Å²) in [6, 6.07) is 0.331. The topological polar surface area (TPSA) is 72.4 Å². The summed E-state index contributed by atoms with van der Waals surface area (Å²) >= 11 is 0. The first-order valence-electron chi connectivity index (χ1n) is 6.97. The Kier molecular flexibility index (Phi) is 4.59. The van der Waals surface area contributed by atoms with Crippen LogP contribution in [0.15, 0.2) is 0 Å². The first-order chi connectivity index (χ1) is 9.54. The molecule has 0 saturated carbocycles. The average Bonchev–Trinajstić information content (AvgIpc) is 2.43. The molecule has 1 fully saturated rings. The summed E-state index contributed by atoms with van der Waals surface area (Å²) in [5.41, 5.74) is -0.199. The lowest BCUT2D eigenvalue weighted by Crippen LogP contribution is -2.49. The van der Waals surface area contributed by atoms with Crippen LogP contribution in [0, 0.1) is 0 Å². The molecule has 0 aromatic carbocycles. The molecule has 20 heavy (non-hydrogen) atoms. The van der Waals surface area contributed by atoms with Crippen molar-refractivity contribution in [2.45, 2.75) is 32.8 Å². The lowest BCUT2D eigenvalue weighted by Gasteiger charge is -2.38. The molecule has 0 unspecified atom stereocenters. The molecule has 1 aliphatic heterocycles. The summed E-state index contributed by atoms with van der Waals surface area (Å²) in [5.74, 6) is 1.19. The summed E-state index contributed by atoms with van der Waals surface area (Å²) in [7, 11) is 1.56. The largest absolute Gasteiger partial charge is 0.467 e. The molecule has 0 aliphatic carbocycles. The fourth-order valence-corrected chi connectivity index (χ4v) is 2.08. The van der Waals surface area contributed by atoms with Gasteiger partial charge in [0, 0.05) is 19.6 Å². The predicted octanol–water partition coefficient (Wildman–Crippen LogP) is 1.32. The smallest absolute Gasteiger partial charge is 0.322 e. The van der Waals surface area contributed by atoms with E-state index in [2.05, 4.69) is 45.9 Å². The lowest BCUT2D eigenvalue weighted by molar-refractivity contribution is -0.0281. The van der Waals surface area contributed by atoms with Gasteiger partial charge in [0.1, 0.15) is 0 Å². The number of anilines is 2. The van der Waals surface area contributed by atoms with Crippen LogP contribution in [0.1, 0.15) is 27.2 Å². The van der Waals surface area contributed by atoms with E-state index >= 15 is 0 Å². The van der Waals surface area contributed by atoms with Gasteiger partial charge in [-0.15, -0.1) is 0 Å². The number of methoxy groups -OCH3 is 1. The van der Waals surface area contributed by atoms with E-state index in [-0.39, 0.29) is 5.60 Å². The van der Waals surface area contributed by atoms with Gasteiger partial charge < -0.3 is 19.7 Å². The molecule has 0 radical (unpaired) electrons. The van der Waals surface area contributed by atoms with Crippen LogP contribution in [0.3, 0.4) is 0 Å². The molecular weight excluding hydrogens is 258 g/mol. The standard InChI is InChI=1S/C13H23N5O2/c1-5-6-14-10-15-11(17-12(16-10)19-4)18-7-8-20-13(2,3)9-18/h5-9H2,1-4H3,(H,14,15,16,17). The van der Waals surface area contributed by atoms with Crippen LogP contribution in [-0.4, -0.2) is 53.9 Å². The van der Waals surface area contributed by atoms with Gasteiger partial charge >= 0.3 is 6.01 Å². The second-order valence-electron chi connectivity index (χ2n) is 5.40. The predicted molar refractivity (Wildman–Crippen MR) is 77.4 cm³/mol. The number of hydrogen-bond acceptors (Lipinski definition) is 7. The quantitative estimate of drug-likeness (QED) is 0.872. The van der Waals surface area contributed by atoms with Crippen molar-refractivity contribution in [2.75, 3.05) is 43.6 Å². The van der Waals surface area contributed by atoms with E-state index in [1.165, 1.54) is 0 Å². The van der Waals surface area contributed by atoms with Gasteiger partial charge in [-0.05, 0) is 20.3 Å². The van der Waals surface area contributed by atoms with Gasteiger partial charge in [0.05, 0.1) is 19.3 Å². The minimum Gasteiger partial charge on any atom is -0.467 e. The highest BCUT2D eigenvalue weighted by molar-refractivity contribution is 5.39. The van der Waals surface area contributed by atoms with E-state index in [9.17, 15) is 0 Å². The fourth-order valence-electron chi connectivity index (χ4n) is 2.08. The minimum absolute atomic E-state index is 0.199. The van der Waals surface area contributed by atoms with Gasteiger partial charge in [0.15, 0.2) is 0 Å².